The standard InChI is InChI=1S/C21H36O5/c1-2-3-4-5-6-7-8-9-10-11-12-13-14-15-16-18(20(23)24)19(17-22)21(25)26/h9-10,22H,2-8,11-17H2,1H3,(H,23,24)(H,25,26). The van der Waals surface area contributed by atoms with Crippen LogP contribution in [0.4, 0.5) is 0 Å². The van der Waals surface area contributed by atoms with Gasteiger partial charge in [0.2, 0.25) is 0 Å². The number of unbranched alkanes of at least 4 members (excludes halogenated alkanes) is 10. The maximum atomic E-state index is 11.1. The van der Waals surface area contributed by atoms with Crippen molar-refractivity contribution in [3.8, 4) is 0 Å². The molecule has 0 aromatic carbocycles. The summed E-state index contributed by atoms with van der Waals surface area (Å²) in [5, 5.41) is 27.0. The summed E-state index contributed by atoms with van der Waals surface area (Å²) < 4.78 is 0. The molecule has 0 unspecified atom stereocenters. The van der Waals surface area contributed by atoms with E-state index < -0.39 is 24.1 Å². The van der Waals surface area contributed by atoms with Crippen LogP contribution >= 0.6 is 0 Å². The van der Waals surface area contributed by atoms with Gasteiger partial charge in [-0.05, 0) is 38.5 Å². The number of carboxylic acids is 2. The summed E-state index contributed by atoms with van der Waals surface area (Å²) in [4.78, 5) is 22.1. The summed E-state index contributed by atoms with van der Waals surface area (Å²) in [6, 6.07) is 0. The molecule has 0 bridgehead atoms. The van der Waals surface area contributed by atoms with Crippen LogP contribution in [0.15, 0.2) is 23.3 Å². The minimum Gasteiger partial charge on any atom is -0.478 e. The molecule has 0 radical (unpaired) electrons. The van der Waals surface area contributed by atoms with Gasteiger partial charge in [0.15, 0.2) is 0 Å². The SMILES string of the molecule is CCCCCCCCC=CCCCCCCC(C(=O)O)=C(CO)C(=O)O. The van der Waals surface area contributed by atoms with Crippen molar-refractivity contribution >= 4 is 11.9 Å². The van der Waals surface area contributed by atoms with Gasteiger partial charge in [-0.15, -0.1) is 0 Å². The smallest absolute Gasteiger partial charge is 0.334 e. The van der Waals surface area contributed by atoms with Crippen LogP contribution in [0.2, 0.25) is 0 Å². The van der Waals surface area contributed by atoms with E-state index in [0.717, 1.165) is 32.1 Å². The molecule has 5 heteroatoms. The zero-order chi connectivity index (χ0) is 19.6. The number of carbonyl (C=O) groups is 2. The van der Waals surface area contributed by atoms with Gasteiger partial charge < -0.3 is 15.3 Å². The quantitative estimate of drug-likeness (QED) is 0.189. The first-order valence-corrected chi connectivity index (χ1v) is 9.99. The second-order valence-corrected chi connectivity index (χ2v) is 6.71. The van der Waals surface area contributed by atoms with Crippen LogP contribution in [0.25, 0.3) is 0 Å². The van der Waals surface area contributed by atoms with Crippen LogP contribution in [0, 0.1) is 0 Å². The fourth-order valence-corrected chi connectivity index (χ4v) is 2.87. The Morgan fingerprint density at radius 1 is 0.692 bits per heavy atom. The van der Waals surface area contributed by atoms with Crippen molar-refractivity contribution in [3.63, 3.8) is 0 Å². The average Bonchev–Trinajstić information content (AvgIpc) is 2.60. The number of aliphatic carboxylic acids is 2. The number of aliphatic hydroxyl groups is 1. The molecule has 5 nitrogen and oxygen atoms in total. The van der Waals surface area contributed by atoms with Crippen LogP contribution in [-0.4, -0.2) is 33.9 Å². The lowest BCUT2D eigenvalue weighted by atomic mass is 10.0. The van der Waals surface area contributed by atoms with E-state index in [1.165, 1.54) is 38.5 Å². The molecule has 0 fully saturated rings. The van der Waals surface area contributed by atoms with E-state index in [4.69, 9.17) is 15.3 Å². The van der Waals surface area contributed by atoms with Crippen molar-refractivity contribution in [2.24, 2.45) is 0 Å². The largest absolute Gasteiger partial charge is 0.478 e. The summed E-state index contributed by atoms with van der Waals surface area (Å²) in [6.45, 7) is 1.48. The minimum atomic E-state index is -1.36. The molecule has 0 aliphatic rings. The van der Waals surface area contributed by atoms with Gasteiger partial charge in [-0.25, -0.2) is 9.59 Å². The maximum Gasteiger partial charge on any atom is 0.334 e. The molecule has 0 spiro atoms. The molecule has 0 amide bonds. The Bertz CT molecular complexity index is 451. The molecule has 0 aliphatic carbocycles. The van der Waals surface area contributed by atoms with Crippen LogP contribution in [0.1, 0.15) is 90.4 Å². The lowest BCUT2D eigenvalue weighted by molar-refractivity contribution is -0.136. The van der Waals surface area contributed by atoms with Crippen molar-refractivity contribution in [2.45, 2.75) is 90.4 Å². The van der Waals surface area contributed by atoms with E-state index in [1.807, 2.05) is 0 Å². The van der Waals surface area contributed by atoms with Gasteiger partial charge in [0.25, 0.3) is 0 Å². The lowest BCUT2D eigenvalue weighted by Gasteiger charge is -2.06. The molecule has 150 valence electrons. The van der Waals surface area contributed by atoms with E-state index in [1.54, 1.807) is 0 Å². The first-order chi connectivity index (χ1) is 12.5. The molecule has 0 atom stereocenters. The van der Waals surface area contributed by atoms with E-state index >= 15 is 0 Å². The Kier molecular flexibility index (Phi) is 15.8. The summed E-state index contributed by atoms with van der Waals surface area (Å²) in [7, 11) is 0. The summed E-state index contributed by atoms with van der Waals surface area (Å²) >= 11 is 0. The predicted molar refractivity (Wildman–Crippen MR) is 104 cm³/mol. The molecule has 0 saturated heterocycles. The Labute approximate surface area is 157 Å². The third-order valence-electron chi connectivity index (χ3n) is 4.48. The molecule has 26 heavy (non-hydrogen) atoms. The van der Waals surface area contributed by atoms with E-state index in [0.29, 0.717) is 6.42 Å². The van der Waals surface area contributed by atoms with Gasteiger partial charge in [-0.3, -0.25) is 0 Å². The topological polar surface area (TPSA) is 94.8 Å². The van der Waals surface area contributed by atoms with Crippen LogP contribution in [0.5, 0.6) is 0 Å². The zero-order valence-corrected chi connectivity index (χ0v) is 16.2. The van der Waals surface area contributed by atoms with Crippen molar-refractivity contribution in [2.75, 3.05) is 6.61 Å². The number of allylic oxidation sites excluding steroid dienone is 2. The first kappa shape index (κ1) is 24.4. The van der Waals surface area contributed by atoms with Crippen molar-refractivity contribution in [1.29, 1.82) is 0 Å². The van der Waals surface area contributed by atoms with Gasteiger partial charge >= 0.3 is 11.9 Å². The number of hydrogen-bond acceptors (Lipinski definition) is 3. The third-order valence-corrected chi connectivity index (χ3v) is 4.48. The summed E-state index contributed by atoms with van der Waals surface area (Å²) in [5.41, 5.74) is -0.589. The Morgan fingerprint density at radius 3 is 1.62 bits per heavy atom. The summed E-state index contributed by atoms with van der Waals surface area (Å²) in [6.07, 6.45) is 18.3. The number of carboxylic acid groups (broad SMARTS) is 2. The van der Waals surface area contributed by atoms with Crippen LogP contribution in [-0.2, 0) is 9.59 Å². The zero-order valence-electron chi connectivity index (χ0n) is 16.2. The number of aliphatic hydroxyl groups excluding tert-OH is 1. The molecular weight excluding hydrogens is 332 g/mol. The second-order valence-electron chi connectivity index (χ2n) is 6.71. The molecule has 0 heterocycles. The van der Waals surface area contributed by atoms with Crippen molar-refractivity contribution < 1.29 is 24.9 Å². The van der Waals surface area contributed by atoms with Gasteiger partial charge in [0.05, 0.1) is 12.2 Å². The fourth-order valence-electron chi connectivity index (χ4n) is 2.87. The normalized spacial score (nSPS) is 12.4. The highest BCUT2D eigenvalue weighted by Crippen LogP contribution is 2.16. The molecule has 0 aromatic heterocycles. The highest BCUT2D eigenvalue weighted by molar-refractivity contribution is 5.98. The lowest BCUT2D eigenvalue weighted by Crippen LogP contribution is -2.14. The van der Waals surface area contributed by atoms with Gasteiger partial charge in [-0.2, -0.15) is 0 Å². The van der Waals surface area contributed by atoms with Crippen molar-refractivity contribution in [3.05, 3.63) is 23.3 Å². The minimum absolute atomic E-state index is 0.182. The molecule has 0 saturated carbocycles. The number of hydrogen-bond donors (Lipinski definition) is 3. The third kappa shape index (κ3) is 12.7. The van der Waals surface area contributed by atoms with Gasteiger partial charge in [0.1, 0.15) is 0 Å². The monoisotopic (exact) mass is 368 g/mol. The maximum absolute atomic E-state index is 11.1. The van der Waals surface area contributed by atoms with Crippen LogP contribution in [0.3, 0.4) is 0 Å². The Hall–Kier alpha value is -1.62. The highest BCUT2D eigenvalue weighted by atomic mass is 16.4. The van der Waals surface area contributed by atoms with E-state index in [-0.39, 0.29) is 12.0 Å². The summed E-state index contributed by atoms with van der Waals surface area (Å²) in [5.74, 6) is -2.62. The molecule has 0 rings (SSSR count). The molecule has 3 N–H and O–H groups in total. The van der Waals surface area contributed by atoms with Crippen LogP contribution < -0.4 is 0 Å². The average molecular weight is 369 g/mol. The van der Waals surface area contributed by atoms with Crippen molar-refractivity contribution in [1.82, 2.24) is 0 Å². The molecule has 0 aromatic rings. The van der Waals surface area contributed by atoms with Gasteiger partial charge in [-0.1, -0.05) is 64.0 Å². The van der Waals surface area contributed by atoms with Gasteiger partial charge in [0, 0.05) is 5.57 Å². The van der Waals surface area contributed by atoms with E-state index in [2.05, 4.69) is 19.1 Å². The number of rotatable bonds is 17. The van der Waals surface area contributed by atoms with E-state index in [9.17, 15) is 9.59 Å². The second kappa shape index (κ2) is 16.8. The Balaban J connectivity index is 3.76. The molecule has 0 aliphatic heterocycles. The highest BCUT2D eigenvalue weighted by Gasteiger charge is 2.18. The fraction of sp³-hybridized carbons (Fsp3) is 0.714. The first-order valence-electron chi connectivity index (χ1n) is 9.99. The molecular formula is C21H36O5. The predicted octanol–water partition coefficient (Wildman–Crippen LogP) is 5.09. The Morgan fingerprint density at radius 2 is 1.15 bits per heavy atom.